The first kappa shape index (κ1) is 15.3. The molecule has 2 heterocycles. The number of hydrogen-bond donors (Lipinski definition) is 0. The molecule has 23 heavy (non-hydrogen) atoms. The molecule has 7 nitrogen and oxygen atoms in total. The largest absolute Gasteiger partial charge is 0.493 e. The number of aromatic nitrogens is 3. The fraction of sp³-hybridized carbons (Fsp3) is 0.438. The highest BCUT2D eigenvalue weighted by Crippen LogP contribution is 2.27. The fourth-order valence-electron chi connectivity index (χ4n) is 2.74. The lowest BCUT2D eigenvalue weighted by atomic mass is 9.98. The summed E-state index contributed by atoms with van der Waals surface area (Å²) in [5.74, 6) is 2.55. The lowest BCUT2D eigenvalue weighted by Gasteiger charge is -2.21. The molecule has 1 aliphatic rings. The molecule has 0 spiro atoms. The summed E-state index contributed by atoms with van der Waals surface area (Å²) < 4.78 is 17.9. The van der Waals surface area contributed by atoms with Crippen LogP contribution in [0.2, 0.25) is 0 Å². The topological polar surface area (TPSA) is 75.5 Å². The van der Waals surface area contributed by atoms with E-state index in [-0.39, 0.29) is 11.9 Å². The van der Waals surface area contributed by atoms with Gasteiger partial charge in [0.1, 0.15) is 12.4 Å². The van der Waals surface area contributed by atoms with Gasteiger partial charge < -0.3 is 18.8 Å². The Hall–Kier alpha value is -2.57. The molecule has 7 heteroatoms. The summed E-state index contributed by atoms with van der Waals surface area (Å²) in [6.07, 6.45) is 1.27. The number of nitrogens with zero attached hydrogens (tertiary/aromatic N) is 3. The molecule has 0 amide bonds. The van der Waals surface area contributed by atoms with Gasteiger partial charge in [-0.15, -0.1) is 10.2 Å². The predicted molar refractivity (Wildman–Crippen MR) is 81.2 cm³/mol. The molecule has 122 valence electrons. The van der Waals surface area contributed by atoms with Crippen molar-refractivity contribution >= 4 is 5.97 Å². The number of methoxy groups -OCH3 is 2. The van der Waals surface area contributed by atoms with Crippen molar-refractivity contribution in [1.29, 1.82) is 0 Å². The Morgan fingerprint density at radius 1 is 1.26 bits per heavy atom. The first-order valence-electron chi connectivity index (χ1n) is 7.47. The van der Waals surface area contributed by atoms with Crippen LogP contribution in [0.5, 0.6) is 11.5 Å². The molecule has 1 aromatic carbocycles. The van der Waals surface area contributed by atoms with E-state index in [0.717, 1.165) is 18.1 Å². The van der Waals surface area contributed by atoms with E-state index in [2.05, 4.69) is 10.2 Å². The Bertz CT molecular complexity index is 698. The Kier molecular flexibility index (Phi) is 4.45. The molecule has 2 aromatic rings. The Labute approximate surface area is 134 Å². The van der Waals surface area contributed by atoms with Crippen molar-refractivity contribution < 1.29 is 19.0 Å². The Morgan fingerprint density at radius 2 is 2.04 bits per heavy atom. The van der Waals surface area contributed by atoms with Gasteiger partial charge in [-0.2, -0.15) is 0 Å². The molecule has 1 atom stereocenters. The van der Waals surface area contributed by atoms with Crippen LogP contribution in [-0.4, -0.2) is 35.0 Å². The number of fused-ring (bicyclic) bond motifs is 1. The van der Waals surface area contributed by atoms with E-state index in [1.165, 1.54) is 7.11 Å². The van der Waals surface area contributed by atoms with Gasteiger partial charge in [-0.25, -0.2) is 0 Å². The summed E-state index contributed by atoms with van der Waals surface area (Å²) in [6, 6.07) is 7.46. The molecule has 1 aromatic heterocycles. The molecule has 1 aliphatic heterocycles. The average Bonchev–Trinajstić information content (AvgIpc) is 3.01. The molecule has 3 rings (SSSR count). The van der Waals surface area contributed by atoms with E-state index in [9.17, 15) is 4.79 Å². The van der Waals surface area contributed by atoms with Crippen LogP contribution in [0.25, 0.3) is 0 Å². The number of ether oxygens (including phenoxy) is 3. The molecule has 0 unspecified atom stereocenters. The van der Waals surface area contributed by atoms with Gasteiger partial charge in [0, 0.05) is 13.0 Å². The van der Waals surface area contributed by atoms with Gasteiger partial charge >= 0.3 is 5.97 Å². The minimum absolute atomic E-state index is 0.139. The maximum Gasteiger partial charge on any atom is 0.309 e. The number of carbonyl (C=O) groups excluding carboxylic acids is 1. The lowest BCUT2D eigenvalue weighted by Crippen LogP contribution is -2.27. The second-order valence-corrected chi connectivity index (χ2v) is 5.34. The van der Waals surface area contributed by atoms with Gasteiger partial charge in [-0.05, 0) is 18.6 Å². The van der Waals surface area contributed by atoms with E-state index in [0.29, 0.717) is 31.1 Å². The third-order valence-electron chi connectivity index (χ3n) is 3.99. The third-order valence-corrected chi connectivity index (χ3v) is 3.99. The minimum atomic E-state index is -0.189. The summed E-state index contributed by atoms with van der Waals surface area (Å²) in [4.78, 5) is 11.6. The number of hydrogen-bond acceptors (Lipinski definition) is 6. The second-order valence-electron chi connectivity index (χ2n) is 5.34. The monoisotopic (exact) mass is 317 g/mol. The first-order chi connectivity index (χ1) is 11.2. The van der Waals surface area contributed by atoms with Crippen molar-refractivity contribution in [1.82, 2.24) is 14.8 Å². The number of esters is 1. The van der Waals surface area contributed by atoms with Crippen LogP contribution in [0.4, 0.5) is 0 Å². The molecular formula is C16H19N3O4. The first-order valence-corrected chi connectivity index (χ1v) is 7.47. The van der Waals surface area contributed by atoms with E-state index in [1.807, 2.05) is 28.8 Å². The van der Waals surface area contributed by atoms with E-state index < -0.39 is 0 Å². The molecular weight excluding hydrogens is 298 g/mol. The highest BCUT2D eigenvalue weighted by Gasteiger charge is 2.28. The van der Waals surface area contributed by atoms with Crippen LogP contribution in [0, 0.1) is 5.92 Å². The molecule has 0 saturated carbocycles. The van der Waals surface area contributed by atoms with Crippen molar-refractivity contribution in [2.75, 3.05) is 14.2 Å². The van der Waals surface area contributed by atoms with Crippen molar-refractivity contribution in [3.05, 3.63) is 35.9 Å². The SMILES string of the molecule is COC(=O)[C@H]1CCn2c(COc3ccccc3OC)nnc2C1. The lowest BCUT2D eigenvalue weighted by molar-refractivity contribution is -0.146. The number of para-hydroxylation sites is 2. The fourth-order valence-corrected chi connectivity index (χ4v) is 2.74. The summed E-state index contributed by atoms with van der Waals surface area (Å²) in [5, 5.41) is 8.36. The maximum atomic E-state index is 11.6. The molecule has 0 N–H and O–H groups in total. The Balaban J connectivity index is 1.69. The summed E-state index contributed by atoms with van der Waals surface area (Å²) in [7, 11) is 3.02. The zero-order chi connectivity index (χ0) is 16.2. The normalized spacial score (nSPS) is 16.5. The molecule has 0 aliphatic carbocycles. The van der Waals surface area contributed by atoms with Crippen LogP contribution in [0.3, 0.4) is 0 Å². The second kappa shape index (κ2) is 6.68. The summed E-state index contributed by atoms with van der Waals surface area (Å²) >= 11 is 0. The number of carbonyl (C=O) groups is 1. The van der Waals surface area contributed by atoms with Crippen LogP contribution < -0.4 is 9.47 Å². The van der Waals surface area contributed by atoms with Gasteiger partial charge in [-0.1, -0.05) is 12.1 Å². The van der Waals surface area contributed by atoms with Gasteiger partial charge in [-0.3, -0.25) is 4.79 Å². The highest BCUT2D eigenvalue weighted by atomic mass is 16.5. The van der Waals surface area contributed by atoms with E-state index in [1.54, 1.807) is 7.11 Å². The highest BCUT2D eigenvalue weighted by molar-refractivity contribution is 5.72. The van der Waals surface area contributed by atoms with Crippen molar-refractivity contribution in [3.63, 3.8) is 0 Å². The van der Waals surface area contributed by atoms with Gasteiger partial charge in [0.2, 0.25) is 0 Å². The molecule has 0 radical (unpaired) electrons. The van der Waals surface area contributed by atoms with Crippen LogP contribution in [0.1, 0.15) is 18.1 Å². The van der Waals surface area contributed by atoms with Crippen molar-refractivity contribution in [2.24, 2.45) is 5.92 Å². The smallest absolute Gasteiger partial charge is 0.309 e. The predicted octanol–water partition coefficient (Wildman–Crippen LogP) is 1.60. The van der Waals surface area contributed by atoms with Gasteiger partial charge in [0.25, 0.3) is 0 Å². The van der Waals surface area contributed by atoms with Crippen LogP contribution >= 0.6 is 0 Å². The average molecular weight is 317 g/mol. The van der Waals surface area contributed by atoms with E-state index >= 15 is 0 Å². The van der Waals surface area contributed by atoms with Crippen molar-refractivity contribution in [3.8, 4) is 11.5 Å². The zero-order valence-corrected chi connectivity index (χ0v) is 13.2. The minimum Gasteiger partial charge on any atom is -0.493 e. The molecule has 0 saturated heterocycles. The van der Waals surface area contributed by atoms with Crippen LogP contribution in [-0.2, 0) is 29.1 Å². The quantitative estimate of drug-likeness (QED) is 0.780. The third kappa shape index (κ3) is 3.13. The number of benzene rings is 1. The van der Waals surface area contributed by atoms with Crippen LogP contribution in [0.15, 0.2) is 24.3 Å². The zero-order valence-electron chi connectivity index (χ0n) is 13.2. The Morgan fingerprint density at radius 3 is 2.78 bits per heavy atom. The standard InChI is InChI=1S/C16H19N3O4/c1-21-12-5-3-4-6-13(12)23-10-15-18-17-14-9-11(16(20)22-2)7-8-19(14)15/h3-6,11H,7-10H2,1-2H3/t11-/m0/s1. The van der Waals surface area contributed by atoms with E-state index in [4.69, 9.17) is 14.2 Å². The molecule has 0 bridgehead atoms. The summed E-state index contributed by atoms with van der Waals surface area (Å²) in [5.41, 5.74) is 0. The van der Waals surface area contributed by atoms with Crippen molar-refractivity contribution in [2.45, 2.75) is 26.0 Å². The molecule has 0 fully saturated rings. The van der Waals surface area contributed by atoms with Gasteiger partial charge in [0.15, 0.2) is 17.3 Å². The summed E-state index contributed by atoms with van der Waals surface area (Å²) in [6.45, 7) is 0.989. The maximum absolute atomic E-state index is 11.6. The number of rotatable bonds is 5. The van der Waals surface area contributed by atoms with Gasteiger partial charge in [0.05, 0.1) is 20.1 Å².